The number of hydrogen-bond donors (Lipinski definition) is 1. The highest BCUT2D eigenvalue weighted by atomic mass is 16.5. The van der Waals surface area contributed by atoms with Gasteiger partial charge >= 0.3 is 0 Å². The number of aliphatic imine (C=N–C) groups is 1. The molecule has 0 spiro atoms. The van der Waals surface area contributed by atoms with Gasteiger partial charge in [0.15, 0.2) is 6.29 Å². The molecule has 1 unspecified atom stereocenters. The Kier molecular flexibility index (Phi) is 5.31. The fourth-order valence-corrected chi connectivity index (χ4v) is 2.65. The lowest BCUT2D eigenvalue weighted by Crippen LogP contribution is -2.37. The lowest BCUT2D eigenvalue weighted by molar-refractivity contribution is 0.343. The van der Waals surface area contributed by atoms with Crippen molar-refractivity contribution >= 4 is 17.9 Å². The zero-order chi connectivity index (χ0) is 17.6. The molecule has 3 rings (SSSR count). The predicted octanol–water partition coefficient (Wildman–Crippen LogP) is 3.55. The Morgan fingerprint density at radius 1 is 1.12 bits per heavy atom. The molecular weight excluding hydrogens is 310 g/mol. The molecule has 0 saturated carbocycles. The molecule has 0 aromatic heterocycles. The fraction of sp³-hybridized carbons (Fsp3) is 0.190. The van der Waals surface area contributed by atoms with Crippen LogP contribution in [0.4, 0.5) is 0 Å². The summed E-state index contributed by atoms with van der Waals surface area (Å²) in [5, 5.41) is 0. The van der Waals surface area contributed by atoms with Crippen molar-refractivity contribution in [3.05, 3.63) is 77.5 Å². The zero-order valence-electron chi connectivity index (χ0n) is 14.6. The molecule has 0 radical (unpaired) electrons. The van der Waals surface area contributed by atoms with Gasteiger partial charge < -0.3 is 9.64 Å². The molecule has 1 atom stereocenters. The molecule has 0 fully saturated rings. The Labute approximate surface area is 148 Å². The van der Waals surface area contributed by atoms with Crippen LogP contribution in [0.1, 0.15) is 16.7 Å². The van der Waals surface area contributed by atoms with Crippen LogP contribution in [0.25, 0.3) is 12.2 Å². The molecule has 1 aliphatic rings. The van der Waals surface area contributed by atoms with Crippen molar-refractivity contribution in [3.63, 3.8) is 0 Å². The van der Waals surface area contributed by atoms with Gasteiger partial charge in [-0.05, 0) is 34.9 Å². The van der Waals surface area contributed by atoms with Crippen molar-refractivity contribution in [2.24, 2.45) is 10.7 Å². The van der Waals surface area contributed by atoms with Crippen molar-refractivity contribution in [3.8, 4) is 5.75 Å². The minimum Gasteiger partial charge on any atom is -0.497 e. The summed E-state index contributed by atoms with van der Waals surface area (Å²) in [5.41, 5.74) is 10.4. The third kappa shape index (κ3) is 4.58. The van der Waals surface area contributed by atoms with Crippen LogP contribution in [-0.2, 0) is 6.42 Å². The third-order valence-corrected chi connectivity index (χ3v) is 4.12. The standard InChI is InChI=1S/C21H23N3O/c1-24-12-11-19(23-21(24)22)14-18-7-3-5-16(13-18)9-10-17-6-4-8-20(15-17)25-2/h3-13,15,21H,14,22H2,1-2H3/b10-9+. The molecule has 1 aliphatic heterocycles. The summed E-state index contributed by atoms with van der Waals surface area (Å²) >= 11 is 0. The minimum absolute atomic E-state index is 0.295. The maximum atomic E-state index is 5.95. The second kappa shape index (κ2) is 7.81. The SMILES string of the molecule is COc1cccc(/C=C/c2cccc(CC3=NC(N)N(C)C=C3)c2)c1. The van der Waals surface area contributed by atoms with Gasteiger partial charge in [-0.25, -0.2) is 4.99 Å². The topological polar surface area (TPSA) is 50.9 Å². The van der Waals surface area contributed by atoms with Crippen LogP contribution in [0, 0.1) is 0 Å². The van der Waals surface area contributed by atoms with E-state index in [1.807, 2.05) is 42.4 Å². The maximum Gasteiger partial charge on any atom is 0.173 e. The zero-order valence-corrected chi connectivity index (χ0v) is 14.6. The van der Waals surface area contributed by atoms with Gasteiger partial charge in [-0.1, -0.05) is 48.6 Å². The maximum absolute atomic E-state index is 5.95. The van der Waals surface area contributed by atoms with Gasteiger partial charge in [0.2, 0.25) is 0 Å². The average molecular weight is 333 g/mol. The molecular formula is C21H23N3O. The number of nitrogens with two attached hydrogens (primary N) is 1. The summed E-state index contributed by atoms with van der Waals surface area (Å²) in [6.07, 6.45) is 8.66. The fourth-order valence-electron chi connectivity index (χ4n) is 2.65. The van der Waals surface area contributed by atoms with E-state index in [2.05, 4.69) is 47.5 Å². The first-order valence-electron chi connectivity index (χ1n) is 8.27. The summed E-state index contributed by atoms with van der Waals surface area (Å²) in [6, 6.07) is 16.5. The first-order valence-corrected chi connectivity index (χ1v) is 8.27. The Hall–Kier alpha value is -2.85. The summed E-state index contributed by atoms with van der Waals surface area (Å²) in [5.74, 6) is 0.860. The first kappa shape index (κ1) is 17.0. The first-order chi connectivity index (χ1) is 12.1. The molecule has 25 heavy (non-hydrogen) atoms. The molecule has 1 heterocycles. The van der Waals surface area contributed by atoms with Crippen LogP contribution in [0.3, 0.4) is 0 Å². The quantitative estimate of drug-likeness (QED) is 0.851. The molecule has 128 valence electrons. The van der Waals surface area contributed by atoms with Crippen molar-refractivity contribution in [2.75, 3.05) is 14.2 Å². The molecule has 0 amide bonds. The van der Waals surface area contributed by atoms with Crippen LogP contribution in [-0.4, -0.2) is 31.1 Å². The highest BCUT2D eigenvalue weighted by molar-refractivity contribution is 5.97. The monoisotopic (exact) mass is 333 g/mol. The van der Waals surface area contributed by atoms with E-state index in [-0.39, 0.29) is 6.29 Å². The van der Waals surface area contributed by atoms with Gasteiger partial charge in [0.05, 0.1) is 7.11 Å². The number of methoxy groups -OCH3 is 1. The third-order valence-electron chi connectivity index (χ3n) is 4.12. The molecule has 0 aliphatic carbocycles. The second-order valence-corrected chi connectivity index (χ2v) is 6.05. The van der Waals surface area contributed by atoms with Crippen molar-refractivity contribution in [2.45, 2.75) is 12.7 Å². The molecule has 4 nitrogen and oxygen atoms in total. The Morgan fingerprint density at radius 3 is 2.56 bits per heavy atom. The highest BCUT2D eigenvalue weighted by Crippen LogP contribution is 2.16. The van der Waals surface area contributed by atoms with E-state index in [9.17, 15) is 0 Å². The van der Waals surface area contributed by atoms with Gasteiger partial charge in [0.25, 0.3) is 0 Å². The normalized spacial score (nSPS) is 17.0. The molecule has 4 heteroatoms. The Balaban J connectivity index is 1.72. The van der Waals surface area contributed by atoms with E-state index >= 15 is 0 Å². The van der Waals surface area contributed by atoms with Gasteiger partial charge in [-0.2, -0.15) is 0 Å². The number of ether oxygens (including phenoxy) is 1. The summed E-state index contributed by atoms with van der Waals surface area (Å²) in [6.45, 7) is 0. The molecule has 2 aromatic carbocycles. The van der Waals surface area contributed by atoms with Crippen LogP contribution in [0.15, 0.2) is 65.8 Å². The van der Waals surface area contributed by atoms with E-state index in [4.69, 9.17) is 10.5 Å². The Bertz CT molecular complexity index is 823. The molecule has 2 N–H and O–H groups in total. The number of nitrogens with zero attached hydrogens (tertiary/aromatic N) is 2. The van der Waals surface area contributed by atoms with Gasteiger partial charge in [0.1, 0.15) is 5.75 Å². The van der Waals surface area contributed by atoms with Crippen LogP contribution in [0.2, 0.25) is 0 Å². The lowest BCUT2D eigenvalue weighted by atomic mass is 10.0. The van der Waals surface area contributed by atoms with Crippen LogP contribution in [0.5, 0.6) is 5.75 Å². The number of rotatable bonds is 5. The van der Waals surface area contributed by atoms with Gasteiger partial charge in [0, 0.05) is 25.4 Å². The van der Waals surface area contributed by atoms with Crippen LogP contribution < -0.4 is 10.5 Å². The molecule has 0 bridgehead atoms. The summed E-state index contributed by atoms with van der Waals surface area (Å²) < 4.78 is 5.26. The lowest BCUT2D eigenvalue weighted by Gasteiger charge is -2.23. The number of allylic oxidation sites excluding steroid dienone is 1. The number of benzene rings is 2. The summed E-state index contributed by atoms with van der Waals surface area (Å²) in [7, 11) is 3.60. The Morgan fingerprint density at radius 2 is 1.84 bits per heavy atom. The average Bonchev–Trinajstić information content (AvgIpc) is 2.64. The van der Waals surface area contributed by atoms with Crippen LogP contribution >= 0.6 is 0 Å². The largest absolute Gasteiger partial charge is 0.497 e. The van der Waals surface area contributed by atoms with Gasteiger partial charge in [-0.15, -0.1) is 0 Å². The van der Waals surface area contributed by atoms with E-state index < -0.39 is 0 Å². The van der Waals surface area contributed by atoms with E-state index in [1.165, 1.54) is 5.56 Å². The second-order valence-electron chi connectivity index (χ2n) is 6.05. The number of hydrogen-bond acceptors (Lipinski definition) is 4. The van der Waals surface area contributed by atoms with Crippen molar-refractivity contribution in [1.29, 1.82) is 0 Å². The minimum atomic E-state index is -0.295. The van der Waals surface area contributed by atoms with Gasteiger partial charge in [-0.3, -0.25) is 5.73 Å². The molecule has 2 aromatic rings. The van der Waals surface area contributed by atoms with Crippen molar-refractivity contribution in [1.82, 2.24) is 4.90 Å². The smallest absolute Gasteiger partial charge is 0.173 e. The van der Waals surface area contributed by atoms with E-state index in [0.717, 1.165) is 29.0 Å². The van der Waals surface area contributed by atoms with Crippen molar-refractivity contribution < 1.29 is 4.74 Å². The predicted molar refractivity (Wildman–Crippen MR) is 104 cm³/mol. The van der Waals surface area contributed by atoms with E-state index in [1.54, 1.807) is 7.11 Å². The summed E-state index contributed by atoms with van der Waals surface area (Å²) in [4.78, 5) is 6.39. The highest BCUT2D eigenvalue weighted by Gasteiger charge is 2.10. The van der Waals surface area contributed by atoms with E-state index in [0.29, 0.717) is 0 Å². The molecule has 0 saturated heterocycles.